The van der Waals surface area contributed by atoms with Crippen LogP contribution in [0, 0.1) is 13.8 Å². The second-order valence-electron chi connectivity index (χ2n) is 4.89. The Hall–Kier alpha value is -2.63. The highest BCUT2D eigenvalue weighted by molar-refractivity contribution is 5.95. The first-order valence-corrected chi connectivity index (χ1v) is 6.88. The van der Waals surface area contributed by atoms with E-state index in [1.165, 1.54) is 7.11 Å². The Balaban J connectivity index is 2.14. The van der Waals surface area contributed by atoms with Crippen LogP contribution in [-0.4, -0.2) is 30.0 Å². The summed E-state index contributed by atoms with van der Waals surface area (Å²) in [7, 11) is 1.29. The van der Waals surface area contributed by atoms with Gasteiger partial charge in [0.05, 0.1) is 12.8 Å². The molecule has 0 radical (unpaired) electrons. The van der Waals surface area contributed by atoms with E-state index in [9.17, 15) is 9.59 Å². The zero-order chi connectivity index (χ0) is 16.1. The number of hydrogen-bond acceptors (Lipinski definition) is 5. The van der Waals surface area contributed by atoms with Crippen molar-refractivity contribution in [1.29, 1.82) is 0 Å². The van der Waals surface area contributed by atoms with Crippen molar-refractivity contribution in [3.63, 3.8) is 0 Å². The Kier molecular flexibility index (Phi) is 4.93. The van der Waals surface area contributed by atoms with Gasteiger partial charge in [0.25, 0.3) is 5.91 Å². The van der Waals surface area contributed by atoms with Gasteiger partial charge in [0.2, 0.25) is 5.76 Å². The molecule has 1 atom stereocenters. The molecule has 1 N–H and O–H groups in total. The second kappa shape index (κ2) is 6.89. The number of nitrogens with zero attached hydrogens (tertiary/aromatic N) is 1. The van der Waals surface area contributed by atoms with E-state index in [1.54, 1.807) is 13.8 Å². The Morgan fingerprint density at radius 3 is 2.50 bits per heavy atom. The second-order valence-corrected chi connectivity index (χ2v) is 4.89. The fourth-order valence-electron chi connectivity index (χ4n) is 2.15. The monoisotopic (exact) mass is 302 g/mol. The molecule has 1 heterocycles. The molecular weight excluding hydrogens is 284 g/mol. The predicted molar refractivity (Wildman–Crippen MR) is 79.4 cm³/mol. The van der Waals surface area contributed by atoms with Gasteiger partial charge in [-0.2, -0.15) is 0 Å². The average molecular weight is 302 g/mol. The van der Waals surface area contributed by atoms with E-state index in [2.05, 4.69) is 10.3 Å². The van der Waals surface area contributed by atoms with E-state index in [0.29, 0.717) is 18.0 Å². The Labute approximate surface area is 128 Å². The van der Waals surface area contributed by atoms with Crippen LogP contribution in [0.1, 0.15) is 27.7 Å². The zero-order valence-corrected chi connectivity index (χ0v) is 12.8. The molecule has 1 amide bonds. The largest absolute Gasteiger partial charge is 0.467 e. The molecule has 22 heavy (non-hydrogen) atoms. The summed E-state index contributed by atoms with van der Waals surface area (Å²) < 4.78 is 10.0. The third kappa shape index (κ3) is 3.72. The number of amides is 1. The van der Waals surface area contributed by atoms with Crippen molar-refractivity contribution < 1.29 is 18.7 Å². The summed E-state index contributed by atoms with van der Waals surface area (Å²) in [4.78, 5) is 28.2. The van der Waals surface area contributed by atoms with Gasteiger partial charge in [-0.25, -0.2) is 9.78 Å². The molecule has 1 aromatic heterocycles. The van der Waals surface area contributed by atoms with Crippen molar-refractivity contribution in [3.8, 4) is 0 Å². The molecule has 2 rings (SSSR count). The number of rotatable bonds is 5. The van der Waals surface area contributed by atoms with Crippen LogP contribution in [0.2, 0.25) is 0 Å². The molecule has 0 aliphatic rings. The predicted octanol–water partition coefficient (Wildman–Crippen LogP) is 1.81. The minimum Gasteiger partial charge on any atom is -0.467 e. The number of methoxy groups -OCH3 is 1. The van der Waals surface area contributed by atoms with E-state index in [1.807, 2.05) is 30.3 Å². The van der Waals surface area contributed by atoms with Crippen molar-refractivity contribution in [3.05, 3.63) is 53.2 Å². The third-order valence-corrected chi connectivity index (χ3v) is 3.18. The van der Waals surface area contributed by atoms with Gasteiger partial charge in [-0.05, 0) is 12.5 Å². The number of carbonyl (C=O) groups is 2. The Morgan fingerprint density at radius 2 is 1.95 bits per heavy atom. The fraction of sp³-hybridized carbons (Fsp3) is 0.312. The van der Waals surface area contributed by atoms with Crippen molar-refractivity contribution in [2.45, 2.75) is 26.3 Å². The molecular formula is C16H18N2O4. The summed E-state index contributed by atoms with van der Waals surface area (Å²) in [6, 6.07) is 8.60. The zero-order valence-electron chi connectivity index (χ0n) is 12.8. The summed E-state index contributed by atoms with van der Waals surface area (Å²) in [5.74, 6) is -0.477. The van der Waals surface area contributed by atoms with Gasteiger partial charge in [0.1, 0.15) is 6.04 Å². The van der Waals surface area contributed by atoms with Crippen LogP contribution in [0.15, 0.2) is 34.7 Å². The highest BCUT2D eigenvalue weighted by Crippen LogP contribution is 2.11. The summed E-state index contributed by atoms with van der Waals surface area (Å²) in [6.45, 7) is 3.33. The van der Waals surface area contributed by atoms with Crippen LogP contribution in [0.5, 0.6) is 0 Å². The van der Waals surface area contributed by atoms with Gasteiger partial charge in [-0.3, -0.25) is 4.79 Å². The maximum absolute atomic E-state index is 12.2. The van der Waals surface area contributed by atoms with Crippen molar-refractivity contribution in [2.75, 3.05) is 7.11 Å². The lowest BCUT2D eigenvalue weighted by molar-refractivity contribution is -0.142. The van der Waals surface area contributed by atoms with Crippen LogP contribution in [0.3, 0.4) is 0 Å². The van der Waals surface area contributed by atoms with Gasteiger partial charge in [-0.1, -0.05) is 30.3 Å². The molecule has 2 aromatic rings. The first-order chi connectivity index (χ1) is 10.5. The molecule has 0 fully saturated rings. The summed E-state index contributed by atoms with van der Waals surface area (Å²) in [5, 5.41) is 2.64. The minimum absolute atomic E-state index is 0.111. The topological polar surface area (TPSA) is 81.4 Å². The van der Waals surface area contributed by atoms with E-state index in [-0.39, 0.29) is 5.76 Å². The number of aromatic nitrogens is 1. The van der Waals surface area contributed by atoms with Crippen LogP contribution in [0.4, 0.5) is 0 Å². The van der Waals surface area contributed by atoms with Crippen molar-refractivity contribution in [2.24, 2.45) is 0 Å². The number of esters is 1. The van der Waals surface area contributed by atoms with E-state index < -0.39 is 17.9 Å². The lowest BCUT2D eigenvalue weighted by atomic mass is 10.1. The molecule has 0 aliphatic carbocycles. The molecule has 1 aromatic carbocycles. The van der Waals surface area contributed by atoms with E-state index >= 15 is 0 Å². The lowest BCUT2D eigenvalue weighted by Crippen LogP contribution is -2.43. The minimum atomic E-state index is -0.787. The van der Waals surface area contributed by atoms with E-state index in [4.69, 9.17) is 9.15 Å². The van der Waals surface area contributed by atoms with Crippen LogP contribution in [-0.2, 0) is 16.0 Å². The highest BCUT2D eigenvalue weighted by atomic mass is 16.5. The molecule has 0 bridgehead atoms. The number of carbonyl (C=O) groups excluding carboxylic acids is 2. The standard InChI is InChI=1S/C16H18N2O4/c1-10-14(22-11(2)17-10)15(19)18-13(16(20)21-3)9-12-7-5-4-6-8-12/h4-8,13H,9H2,1-3H3,(H,18,19)/t13-/m1/s1. The number of aryl methyl sites for hydroxylation is 2. The molecule has 116 valence electrons. The number of hydrogen-bond donors (Lipinski definition) is 1. The highest BCUT2D eigenvalue weighted by Gasteiger charge is 2.25. The summed E-state index contributed by atoms with van der Waals surface area (Å²) in [5.41, 5.74) is 1.40. The molecule has 0 saturated heterocycles. The van der Waals surface area contributed by atoms with Crippen LogP contribution in [0.25, 0.3) is 0 Å². The Bertz CT molecular complexity index is 664. The van der Waals surface area contributed by atoms with Gasteiger partial charge < -0.3 is 14.5 Å². The first-order valence-electron chi connectivity index (χ1n) is 6.88. The fourth-order valence-corrected chi connectivity index (χ4v) is 2.15. The smallest absolute Gasteiger partial charge is 0.328 e. The number of oxazole rings is 1. The summed E-state index contributed by atoms with van der Waals surface area (Å²) >= 11 is 0. The van der Waals surface area contributed by atoms with Gasteiger partial charge >= 0.3 is 5.97 Å². The molecule has 0 saturated carbocycles. The van der Waals surface area contributed by atoms with Gasteiger partial charge in [0.15, 0.2) is 5.89 Å². The number of nitrogens with one attached hydrogen (secondary N) is 1. The number of benzene rings is 1. The average Bonchev–Trinajstić information content (AvgIpc) is 2.85. The summed E-state index contributed by atoms with van der Waals surface area (Å²) in [6.07, 6.45) is 0.339. The maximum atomic E-state index is 12.2. The van der Waals surface area contributed by atoms with Crippen molar-refractivity contribution in [1.82, 2.24) is 10.3 Å². The van der Waals surface area contributed by atoms with Crippen LogP contribution < -0.4 is 5.32 Å². The Morgan fingerprint density at radius 1 is 1.27 bits per heavy atom. The molecule has 0 spiro atoms. The molecule has 6 heteroatoms. The molecule has 0 aliphatic heterocycles. The molecule has 0 unspecified atom stereocenters. The lowest BCUT2D eigenvalue weighted by Gasteiger charge is -2.16. The van der Waals surface area contributed by atoms with Gasteiger partial charge in [0, 0.05) is 13.3 Å². The number of ether oxygens (including phenoxy) is 1. The normalized spacial score (nSPS) is 11.8. The SMILES string of the molecule is COC(=O)[C@@H](Cc1ccccc1)NC(=O)c1oc(C)nc1C. The maximum Gasteiger partial charge on any atom is 0.328 e. The van der Waals surface area contributed by atoms with Crippen molar-refractivity contribution >= 4 is 11.9 Å². The third-order valence-electron chi connectivity index (χ3n) is 3.18. The first kappa shape index (κ1) is 15.8. The quantitative estimate of drug-likeness (QED) is 0.852. The molecule has 6 nitrogen and oxygen atoms in total. The van der Waals surface area contributed by atoms with E-state index in [0.717, 1.165) is 5.56 Å². The van der Waals surface area contributed by atoms with Gasteiger partial charge in [-0.15, -0.1) is 0 Å². The van der Waals surface area contributed by atoms with Crippen LogP contribution >= 0.6 is 0 Å².